The van der Waals surface area contributed by atoms with Crippen LogP contribution in [0.5, 0.6) is 0 Å². The van der Waals surface area contributed by atoms with Crippen molar-refractivity contribution in [1.82, 2.24) is 0 Å². The predicted molar refractivity (Wildman–Crippen MR) is 150 cm³/mol. The minimum absolute atomic E-state index is 0.109. The van der Waals surface area contributed by atoms with E-state index in [1.807, 2.05) is 0 Å². The van der Waals surface area contributed by atoms with Crippen molar-refractivity contribution in [3.05, 3.63) is 0 Å². The van der Waals surface area contributed by atoms with Gasteiger partial charge in [-0.15, -0.1) is 0 Å². The van der Waals surface area contributed by atoms with Crippen LogP contribution in [0.1, 0.15) is 26.7 Å². The Kier molecular flexibility index (Phi) is 31.2. The van der Waals surface area contributed by atoms with E-state index in [-0.39, 0.29) is 50.8 Å². The van der Waals surface area contributed by atoms with Gasteiger partial charge < -0.3 is 52.1 Å². The topological polar surface area (TPSA) is 170 Å². The second kappa shape index (κ2) is 32.8. The second-order valence-electron chi connectivity index (χ2n) is 8.71. The highest BCUT2D eigenvalue weighted by Gasteiger charge is 2.06. The molecule has 15 heteroatoms. The van der Waals surface area contributed by atoms with E-state index in [4.69, 9.17) is 52.1 Å². The molecule has 15 nitrogen and oxygen atoms in total. The summed E-state index contributed by atoms with van der Waals surface area (Å²) in [6.45, 7) is 10.4. The van der Waals surface area contributed by atoms with Gasteiger partial charge in [0.05, 0.1) is 119 Å². The summed E-state index contributed by atoms with van der Waals surface area (Å²) in [5.41, 5.74) is 0. The Bertz CT molecular complexity index is 633. The molecule has 0 aliphatic rings. The molecule has 0 amide bonds. The molecule has 0 bridgehead atoms. The zero-order chi connectivity index (χ0) is 31.6. The standard InChI is InChI=1S/C28H50O15/c1-25(29)23-27(31)42-21-19-40-17-15-38-13-11-36-9-7-34-5-3-33-4-6-35-8-10-37-12-14-39-16-18-41-20-22-43-28(32)24-26(2)30/h3-24H2,1-2H3. The fraction of sp³-hybridized carbons (Fsp3) is 0.857. The van der Waals surface area contributed by atoms with Crippen LogP contribution in [0.3, 0.4) is 0 Å². The number of rotatable bonds is 34. The molecule has 0 unspecified atom stereocenters. The van der Waals surface area contributed by atoms with E-state index in [9.17, 15) is 19.2 Å². The minimum atomic E-state index is -0.547. The van der Waals surface area contributed by atoms with Crippen molar-refractivity contribution < 1.29 is 71.3 Å². The Hall–Kier alpha value is -2.08. The fourth-order valence-electron chi connectivity index (χ4n) is 2.80. The molecule has 0 aliphatic carbocycles. The summed E-state index contributed by atoms with van der Waals surface area (Å²) in [7, 11) is 0. The highest BCUT2D eigenvalue weighted by molar-refractivity contribution is 5.94. The number of Topliss-reactive ketones (excluding diaryl/α,β-unsaturated/α-hetero) is 2. The molecule has 0 radical (unpaired) electrons. The quantitative estimate of drug-likeness (QED) is 0.0538. The van der Waals surface area contributed by atoms with Gasteiger partial charge in [0.1, 0.15) is 37.6 Å². The zero-order valence-electron chi connectivity index (χ0n) is 25.7. The van der Waals surface area contributed by atoms with Crippen LogP contribution in [0.25, 0.3) is 0 Å². The van der Waals surface area contributed by atoms with Gasteiger partial charge in [-0.05, 0) is 13.8 Å². The van der Waals surface area contributed by atoms with Crippen molar-refractivity contribution in [2.24, 2.45) is 0 Å². The van der Waals surface area contributed by atoms with Gasteiger partial charge in [-0.3, -0.25) is 19.2 Å². The van der Waals surface area contributed by atoms with Gasteiger partial charge in [0, 0.05) is 0 Å². The molecule has 0 heterocycles. The van der Waals surface area contributed by atoms with Crippen LogP contribution in [0.2, 0.25) is 0 Å². The van der Waals surface area contributed by atoms with Crippen LogP contribution in [0.4, 0.5) is 0 Å². The van der Waals surface area contributed by atoms with Crippen molar-refractivity contribution in [1.29, 1.82) is 0 Å². The Morgan fingerprint density at radius 3 is 0.628 bits per heavy atom. The average molecular weight is 627 g/mol. The van der Waals surface area contributed by atoms with Crippen LogP contribution >= 0.6 is 0 Å². The summed E-state index contributed by atoms with van der Waals surface area (Å²) in [6, 6.07) is 0. The molecular formula is C28H50O15. The molecule has 0 aromatic carbocycles. The Morgan fingerprint density at radius 2 is 0.465 bits per heavy atom. The van der Waals surface area contributed by atoms with E-state index < -0.39 is 11.9 Å². The highest BCUT2D eigenvalue weighted by atomic mass is 16.6. The van der Waals surface area contributed by atoms with E-state index in [0.717, 1.165) is 0 Å². The third-order valence-electron chi connectivity index (χ3n) is 4.74. The van der Waals surface area contributed by atoms with E-state index in [0.29, 0.717) is 106 Å². The maximum Gasteiger partial charge on any atom is 0.313 e. The number of hydrogen-bond donors (Lipinski definition) is 0. The van der Waals surface area contributed by atoms with Crippen LogP contribution in [0, 0.1) is 0 Å². The number of ketones is 2. The van der Waals surface area contributed by atoms with Gasteiger partial charge in [0.25, 0.3) is 0 Å². The molecule has 0 fully saturated rings. The lowest BCUT2D eigenvalue weighted by Crippen LogP contribution is -2.16. The summed E-state index contributed by atoms with van der Waals surface area (Å²) >= 11 is 0. The first kappa shape index (κ1) is 40.9. The van der Waals surface area contributed by atoms with Crippen molar-refractivity contribution in [3.63, 3.8) is 0 Å². The lowest BCUT2D eigenvalue weighted by Gasteiger charge is -2.09. The third-order valence-corrected chi connectivity index (χ3v) is 4.74. The fourth-order valence-corrected chi connectivity index (χ4v) is 2.80. The first-order valence-corrected chi connectivity index (χ1v) is 14.4. The zero-order valence-corrected chi connectivity index (χ0v) is 25.7. The first-order valence-electron chi connectivity index (χ1n) is 14.4. The Labute approximate surface area is 253 Å². The maximum absolute atomic E-state index is 11.2. The first-order chi connectivity index (χ1) is 20.9. The van der Waals surface area contributed by atoms with Crippen molar-refractivity contribution >= 4 is 23.5 Å². The van der Waals surface area contributed by atoms with Gasteiger partial charge >= 0.3 is 11.9 Å². The molecular weight excluding hydrogens is 576 g/mol. The highest BCUT2D eigenvalue weighted by Crippen LogP contribution is 1.91. The smallest absolute Gasteiger partial charge is 0.313 e. The van der Waals surface area contributed by atoms with Crippen molar-refractivity contribution in [2.45, 2.75) is 26.7 Å². The van der Waals surface area contributed by atoms with E-state index >= 15 is 0 Å². The average Bonchev–Trinajstić information content (AvgIpc) is 2.95. The molecule has 0 atom stereocenters. The van der Waals surface area contributed by atoms with Crippen molar-refractivity contribution in [3.8, 4) is 0 Å². The van der Waals surface area contributed by atoms with Gasteiger partial charge in [0.2, 0.25) is 0 Å². The summed E-state index contributed by atoms with van der Waals surface area (Å²) in [6.07, 6.45) is -0.433. The molecule has 252 valence electrons. The van der Waals surface area contributed by atoms with Gasteiger partial charge in [0.15, 0.2) is 0 Å². The summed E-state index contributed by atoms with van der Waals surface area (Å²) in [5, 5.41) is 0. The third kappa shape index (κ3) is 36.0. The van der Waals surface area contributed by atoms with E-state index in [1.54, 1.807) is 0 Å². The predicted octanol–water partition coefficient (Wildman–Crippen LogP) is 0.180. The molecule has 0 N–H and O–H groups in total. The number of esters is 2. The summed E-state index contributed by atoms with van der Waals surface area (Å²) in [5.74, 6) is -1.56. The van der Waals surface area contributed by atoms with Crippen molar-refractivity contribution in [2.75, 3.05) is 132 Å². The summed E-state index contributed by atoms with van der Waals surface area (Å²) in [4.78, 5) is 43.8. The molecule has 0 saturated heterocycles. The normalized spacial score (nSPS) is 11.0. The molecule has 0 rings (SSSR count). The Balaban J connectivity index is 3.11. The molecule has 0 saturated carbocycles. The molecule has 0 aliphatic heterocycles. The van der Waals surface area contributed by atoms with Crippen LogP contribution < -0.4 is 0 Å². The number of carbonyl (C=O) groups excluding carboxylic acids is 4. The second-order valence-corrected chi connectivity index (χ2v) is 8.71. The minimum Gasteiger partial charge on any atom is -0.463 e. The number of ether oxygens (including phenoxy) is 11. The maximum atomic E-state index is 11.2. The molecule has 0 aromatic rings. The van der Waals surface area contributed by atoms with Crippen LogP contribution in [0.15, 0.2) is 0 Å². The van der Waals surface area contributed by atoms with Gasteiger partial charge in [-0.2, -0.15) is 0 Å². The lowest BCUT2D eigenvalue weighted by molar-refractivity contribution is -0.148. The van der Waals surface area contributed by atoms with Crippen LogP contribution in [-0.2, 0) is 71.3 Å². The molecule has 0 spiro atoms. The summed E-state index contributed by atoms with van der Waals surface area (Å²) < 4.78 is 58.0. The monoisotopic (exact) mass is 626 g/mol. The van der Waals surface area contributed by atoms with Gasteiger partial charge in [-0.25, -0.2) is 0 Å². The SMILES string of the molecule is CC(=O)CC(=O)OCCOCCOCCOCCOCCOCCOCCOCCOCCOCCOC(=O)CC(C)=O. The number of carbonyl (C=O) groups is 4. The molecule has 0 aromatic heterocycles. The Morgan fingerprint density at radius 1 is 0.302 bits per heavy atom. The molecule has 43 heavy (non-hydrogen) atoms. The lowest BCUT2D eigenvalue weighted by atomic mass is 10.3. The van der Waals surface area contributed by atoms with Crippen LogP contribution in [-0.4, -0.2) is 156 Å². The van der Waals surface area contributed by atoms with E-state index in [1.165, 1.54) is 13.8 Å². The van der Waals surface area contributed by atoms with Gasteiger partial charge in [-0.1, -0.05) is 0 Å². The largest absolute Gasteiger partial charge is 0.463 e. The number of hydrogen-bond acceptors (Lipinski definition) is 15. The van der Waals surface area contributed by atoms with E-state index in [2.05, 4.69) is 0 Å².